The van der Waals surface area contributed by atoms with Crippen molar-refractivity contribution in [3.05, 3.63) is 60.0 Å². The number of pyridine rings is 1. The van der Waals surface area contributed by atoms with Crippen LogP contribution in [0.25, 0.3) is 10.9 Å². The SMILES string of the molecule is Cc1cc(F)ccc1Oc1ccnc2c(N)cccc12. The van der Waals surface area contributed by atoms with Crippen molar-refractivity contribution >= 4 is 16.6 Å². The van der Waals surface area contributed by atoms with Crippen molar-refractivity contribution in [2.45, 2.75) is 6.92 Å². The molecule has 0 unspecified atom stereocenters. The third-order valence-electron chi connectivity index (χ3n) is 3.12. The van der Waals surface area contributed by atoms with Gasteiger partial charge in [-0.3, -0.25) is 4.98 Å². The lowest BCUT2D eigenvalue weighted by molar-refractivity contribution is 0.481. The van der Waals surface area contributed by atoms with Gasteiger partial charge in [-0.25, -0.2) is 4.39 Å². The van der Waals surface area contributed by atoms with Crippen molar-refractivity contribution in [2.24, 2.45) is 0 Å². The summed E-state index contributed by atoms with van der Waals surface area (Å²) in [6.45, 7) is 1.80. The van der Waals surface area contributed by atoms with Gasteiger partial charge in [0.05, 0.1) is 11.2 Å². The monoisotopic (exact) mass is 268 g/mol. The van der Waals surface area contributed by atoms with Crippen LogP contribution in [0.3, 0.4) is 0 Å². The fourth-order valence-electron chi connectivity index (χ4n) is 2.11. The Hall–Kier alpha value is -2.62. The van der Waals surface area contributed by atoms with Crippen LogP contribution >= 0.6 is 0 Å². The topological polar surface area (TPSA) is 48.1 Å². The Morgan fingerprint density at radius 3 is 2.75 bits per heavy atom. The number of nitrogens with two attached hydrogens (primary N) is 1. The molecule has 3 rings (SSSR count). The lowest BCUT2D eigenvalue weighted by atomic mass is 10.1. The van der Waals surface area contributed by atoms with E-state index in [4.69, 9.17) is 10.5 Å². The van der Waals surface area contributed by atoms with Crippen LogP contribution < -0.4 is 10.5 Å². The van der Waals surface area contributed by atoms with E-state index >= 15 is 0 Å². The van der Waals surface area contributed by atoms with Gasteiger partial charge in [-0.05, 0) is 48.9 Å². The summed E-state index contributed by atoms with van der Waals surface area (Å²) in [6, 6.07) is 11.7. The molecule has 0 amide bonds. The number of aryl methyl sites for hydroxylation is 1. The largest absolute Gasteiger partial charge is 0.456 e. The lowest BCUT2D eigenvalue weighted by Gasteiger charge is -2.11. The van der Waals surface area contributed by atoms with E-state index in [0.717, 1.165) is 10.9 Å². The molecule has 0 aliphatic rings. The summed E-state index contributed by atoms with van der Waals surface area (Å²) in [5.74, 6) is 0.983. The molecule has 0 atom stereocenters. The van der Waals surface area contributed by atoms with Crippen LogP contribution in [0.2, 0.25) is 0 Å². The van der Waals surface area contributed by atoms with E-state index < -0.39 is 0 Å². The number of nitrogens with zero attached hydrogens (tertiary/aromatic N) is 1. The maximum Gasteiger partial charge on any atom is 0.138 e. The summed E-state index contributed by atoms with van der Waals surface area (Å²) >= 11 is 0. The summed E-state index contributed by atoms with van der Waals surface area (Å²) < 4.78 is 19.0. The average Bonchev–Trinajstić information content (AvgIpc) is 2.43. The molecule has 0 bridgehead atoms. The Bertz CT molecular complexity index is 787. The highest BCUT2D eigenvalue weighted by molar-refractivity contribution is 5.93. The summed E-state index contributed by atoms with van der Waals surface area (Å²) in [5, 5.41) is 0.830. The number of fused-ring (bicyclic) bond motifs is 1. The van der Waals surface area contributed by atoms with Gasteiger partial charge in [0, 0.05) is 11.6 Å². The zero-order valence-corrected chi connectivity index (χ0v) is 10.9. The van der Waals surface area contributed by atoms with Crippen LogP contribution in [0.1, 0.15) is 5.56 Å². The van der Waals surface area contributed by atoms with E-state index in [1.54, 1.807) is 31.3 Å². The van der Waals surface area contributed by atoms with Crippen LogP contribution in [-0.4, -0.2) is 4.98 Å². The number of hydrogen-bond donors (Lipinski definition) is 1. The second-order valence-corrected chi connectivity index (χ2v) is 4.56. The molecule has 2 aromatic carbocycles. The van der Waals surface area contributed by atoms with Gasteiger partial charge in [-0.1, -0.05) is 6.07 Å². The minimum absolute atomic E-state index is 0.279. The maximum absolute atomic E-state index is 13.1. The Balaban J connectivity index is 2.09. The third-order valence-corrected chi connectivity index (χ3v) is 3.12. The molecule has 4 heteroatoms. The Morgan fingerprint density at radius 1 is 1.10 bits per heavy atom. The first-order chi connectivity index (χ1) is 9.65. The van der Waals surface area contributed by atoms with Crippen molar-refractivity contribution in [1.82, 2.24) is 4.98 Å². The highest BCUT2D eigenvalue weighted by Gasteiger charge is 2.08. The Labute approximate surface area is 115 Å². The molecule has 0 saturated heterocycles. The van der Waals surface area contributed by atoms with Crippen LogP contribution in [0, 0.1) is 12.7 Å². The number of halogens is 1. The van der Waals surface area contributed by atoms with Crippen molar-refractivity contribution in [1.29, 1.82) is 0 Å². The first-order valence-electron chi connectivity index (χ1n) is 6.22. The highest BCUT2D eigenvalue weighted by Crippen LogP contribution is 2.32. The third kappa shape index (κ3) is 2.16. The molecular formula is C16H13FN2O. The minimum atomic E-state index is -0.279. The maximum atomic E-state index is 13.1. The normalized spacial score (nSPS) is 10.7. The fraction of sp³-hybridized carbons (Fsp3) is 0.0625. The molecule has 0 saturated carbocycles. The van der Waals surface area contributed by atoms with Crippen molar-refractivity contribution in [2.75, 3.05) is 5.73 Å². The Morgan fingerprint density at radius 2 is 1.95 bits per heavy atom. The predicted molar refractivity (Wildman–Crippen MR) is 77.4 cm³/mol. The number of hydrogen-bond acceptors (Lipinski definition) is 3. The summed E-state index contributed by atoms with van der Waals surface area (Å²) in [4.78, 5) is 4.25. The van der Waals surface area contributed by atoms with E-state index in [1.807, 2.05) is 12.1 Å². The molecule has 3 nitrogen and oxygen atoms in total. The van der Waals surface area contributed by atoms with Crippen LogP contribution in [0.5, 0.6) is 11.5 Å². The van der Waals surface area contributed by atoms with Gasteiger partial charge in [-0.15, -0.1) is 0 Å². The van der Waals surface area contributed by atoms with Crippen LogP contribution in [-0.2, 0) is 0 Å². The minimum Gasteiger partial charge on any atom is -0.456 e. The average molecular weight is 268 g/mol. The molecular weight excluding hydrogens is 255 g/mol. The van der Waals surface area contributed by atoms with Gasteiger partial charge in [0.15, 0.2) is 0 Å². The number of ether oxygens (including phenoxy) is 1. The lowest BCUT2D eigenvalue weighted by Crippen LogP contribution is -1.93. The van der Waals surface area contributed by atoms with Gasteiger partial charge in [0.25, 0.3) is 0 Å². The van der Waals surface area contributed by atoms with Crippen molar-refractivity contribution in [3.63, 3.8) is 0 Å². The molecule has 20 heavy (non-hydrogen) atoms. The summed E-state index contributed by atoms with van der Waals surface area (Å²) in [6.07, 6.45) is 1.65. The van der Waals surface area contributed by atoms with E-state index in [1.165, 1.54) is 12.1 Å². The van der Waals surface area contributed by atoms with Gasteiger partial charge in [-0.2, -0.15) is 0 Å². The summed E-state index contributed by atoms with van der Waals surface area (Å²) in [5.41, 5.74) is 7.94. The van der Waals surface area contributed by atoms with E-state index in [-0.39, 0.29) is 5.82 Å². The predicted octanol–water partition coefficient (Wildman–Crippen LogP) is 4.06. The first-order valence-corrected chi connectivity index (χ1v) is 6.22. The van der Waals surface area contributed by atoms with Gasteiger partial charge in [0.2, 0.25) is 0 Å². The number of aromatic nitrogens is 1. The molecule has 1 heterocycles. The second-order valence-electron chi connectivity index (χ2n) is 4.56. The zero-order valence-electron chi connectivity index (χ0n) is 10.9. The highest BCUT2D eigenvalue weighted by atomic mass is 19.1. The fourth-order valence-corrected chi connectivity index (χ4v) is 2.11. The first kappa shape index (κ1) is 12.4. The number of nitrogen functional groups attached to an aromatic ring is 1. The number of benzene rings is 2. The molecule has 0 spiro atoms. The quantitative estimate of drug-likeness (QED) is 0.713. The Kier molecular flexibility index (Phi) is 2.99. The molecule has 0 radical (unpaired) electrons. The van der Waals surface area contributed by atoms with Crippen LogP contribution in [0.15, 0.2) is 48.7 Å². The van der Waals surface area contributed by atoms with Gasteiger partial charge < -0.3 is 10.5 Å². The van der Waals surface area contributed by atoms with E-state index in [9.17, 15) is 4.39 Å². The van der Waals surface area contributed by atoms with Crippen molar-refractivity contribution < 1.29 is 9.13 Å². The molecule has 2 N–H and O–H groups in total. The van der Waals surface area contributed by atoms with E-state index in [2.05, 4.69) is 4.98 Å². The standard InChI is InChI=1S/C16H13FN2O/c1-10-9-11(17)5-6-14(10)20-15-7-8-19-16-12(15)3-2-4-13(16)18/h2-9H,18H2,1H3. The number of rotatable bonds is 2. The summed E-state index contributed by atoms with van der Waals surface area (Å²) in [7, 11) is 0. The zero-order chi connectivity index (χ0) is 14.1. The van der Waals surface area contributed by atoms with Gasteiger partial charge >= 0.3 is 0 Å². The smallest absolute Gasteiger partial charge is 0.138 e. The van der Waals surface area contributed by atoms with E-state index in [0.29, 0.717) is 22.7 Å². The molecule has 0 aliphatic carbocycles. The van der Waals surface area contributed by atoms with Crippen molar-refractivity contribution in [3.8, 4) is 11.5 Å². The molecule has 3 aromatic rings. The number of para-hydroxylation sites is 1. The number of anilines is 1. The van der Waals surface area contributed by atoms with Crippen LogP contribution in [0.4, 0.5) is 10.1 Å². The molecule has 1 aromatic heterocycles. The molecule has 0 aliphatic heterocycles. The molecule has 0 fully saturated rings. The molecule has 100 valence electrons. The van der Waals surface area contributed by atoms with Gasteiger partial charge in [0.1, 0.15) is 17.3 Å². The second kappa shape index (κ2) is 4.81.